The first-order chi connectivity index (χ1) is 13.1. The molecule has 1 aromatic rings. The molecular weight excluding hydrogens is 431 g/mol. The zero-order valence-electron chi connectivity index (χ0n) is 14.7. The van der Waals surface area contributed by atoms with Crippen LogP contribution < -0.4 is 0 Å². The summed E-state index contributed by atoms with van der Waals surface area (Å²) >= 11 is 0. The number of hydrogen-bond donors (Lipinski definition) is 1. The average molecular weight is 446 g/mol. The first kappa shape index (κ1) is 24.7. The van der Waals surface area contributed by atoms with E-state index in [4.69, 9.17) is 4.55 Å². The van der Waals surface area contributed by atoms with Crippen LogP contribution in [-0.2, 0) is 35.6 Å². The largest absolute Gasteiger partial charge is 0.464 e. The van der Waals surface area contributed by atoms with Gasteiger partial charge in [-0.1, -0.05) is 36.4 Å². The monoisotopic (exact) mass is 446 g/mol. The van der Waals surface area contributed by atoms with E-state index in [1.54, 1.807) is 6.92 Å². The molecule has 0 radical (unpaired) electrons. The molecular formula is C16H15F5O7S. The highest BCUT2D eigenvalue weighted by Gasteiger charge is 2.66. The Labute approximate surface area is 161 Å². The van der Waals surface area contributed by atoms with Gasteiger partial charge in [0.25, 0.3) is 0 Å². The molecule has 13 heteroatoms. The second-order valence-electron chi connectivity index (χ2n) is 5.73. The molecule has 7 nitrogen and oxygen atoms in total. The second kappa shape index (κ2) is 8.55. The number of rotatable bonds is 9. The molecule has 0 bridgehead atoms. The van der Waals surface area contributed by atoms with Crippen LogP contribution in [0.2, 0.25) is 0 Å². The van der Waals surface area contributed by atoms with Gasteiger partial charge < -0.3 is 9.47 Å². The Morgan fingerprint density at radius 1 is 1.14 bits per heavy atom. The van der Waals surface area contributed by atoms with Crippen LogP contribution in [0.3, 0.4) is 0 Å². The SMILES string of the molecule is C=CC(=O)OC(OCC(F)(F)S(=O)(=O)O)(C(=O)Cc1ccc(C)cc1)C(F)(F)F. The van der Waals surface area contributed by atoms with Crippen molar-refractivity contribution in [3.8, 4) is 0 Å². The van der Waals surface area contributed by atoms with E-state index in [9.17, 15) is 40.0 Å². The number of Topliss-reactive ketones (excluding diaryl/α,β-unsaturated/α-hetero) is 1. The van der Waals surface area contributed by atoms with Gasteiger partial charge in [-0.2, -0.15) is 30.4 Å². The predicted molar refractivity (Wildman–Crippen MR) is 87.4 cm³/mol. The van der Waals surface area contributed by atoms with Crippen molar-refractivity contribution < 1.29 is 54.0 Å². The second-order valence-corrected chi connectivity index (χ2v) is 7.27. The fourth-order valence-electron chi connectivity index (χ4n) is 1.92. The third kappa shape index (κ3) is 5.81. The fourth-order valence-corrected chi connectivity index (χ4v) is 2.12. The topological polar surface area (TPSA) is 107 Å². The van der Waals surface area contributed by atoms with Crippen molar-refractivity contribution in [3.63, 3.8) is 0 Å². The molecule has 1 aromatic carbocycles. The van der Waals surface area contributed by atoms with Crippen LogP contribution in [0, 0.1) is 6.92 Å². The zero-order chi connectivity index (χ0) is 22.7. The Morgan fingerprint density at radius 2 is 1.66 bits per heavy atom. The molecule has 1 atom stereocenters. The molecule has 0 amide bonds. The number of halogens is 5. The van der Waals surface area contributed by atoms with Gasteiger partial charge >= 0.3 is 33.3 Å². The lowest BCUT2D eigenvalue weighted by Crippen LogP contribution is -2.59. The highest BCUT2D eigenvalue weighted by molar-refractivity contribution is 7.86. The average Bonchev–Trinajstić information content (AvgIpc) is 2.58. The van der Waals surface area contributed by atoms with Crippen LogP contribution in [0.5, 0.6) is 0 Å². The van der Waals surface area contributed by atoms with Crippen molar-refractivity contribution in [3.05, 3.63) is 48.0 Å². The number of alkyl halides is 5. The van der Waals surface area contributed by atoms with Crippen molar-refractivity contribution in [1.29, 1.82) is 0 Å². The first-order valence-corrected chi connectivity index (χ1v) is 8.99. The quantitative estimate of drug-likeness (QED) is 0.204. The van der Waals surface area contributed by atoms with Crippen molar-refractivity contribution in [2.45, 2.75) is 30.6 Å². The highest BCUT2D eigenvalue weighted by atomic mass is 32.2. The molecule has 0 heterocycles. The third-order valence-corrected chi connectivity index (χ3v) is 4.33. The molecule has 0 aliphatic heterocycles. The van der Waals surface area contributed by atoms with Gasteiger partial charge in [0.15, 0.2) is 0 Å². The molecule has 0 spiro atoms. The Morgan fingerprint density at radius 3 is 2.07 bits per heavy atom. The molecule has 1 N–H and O–H groups in total. The Kier molecular flexibility index (Phi) is 7.27. The van der Waals surface area contributed by atoms with Crippen molar-refractivity contribution in [2.24, 2.45) is 0 Å². The molecule has 1 unspecified atom stereocenters. The number of aryl methyl sites for hydroxylation is 1. The summed E-state index contributed by atoms with van der Waals surface area (Å²) < 4.78 is 105. The van der Waals surface area contributed by atoms with E-state index in [1.807, 2.05) is 0 Å². The van der Waals surface area contributed by atoms with Gasteiger partial charge in [0, 0.05) is 12.5 Å². The summed E-state index contributed by atoms with van der Waals surface area (Å²) in [4.78, 5) is 23.7. The van der Waals surface area contributed by atoms with E-state index in [1.165, 1.54) is 24.3 Å². The minimum atomic E-state index is -6.19. The summed E-state index contributed by atoms with van der Waals surface area (Å²) in [6.45, 7) is 1.86. The van der Waals surface area contributed by atoms with Gasteiger partial charge in [0.1, 0.15) is 6.61 Å². The van der Waals surface area contributed by atoms with Gasteiger partial charge in [-0.15, -0.1) is 0 Å². The van der Waals surface area contributed by atoms with Crippen LogP contribution in [-0.4, -0.2) is 48.5 Å². The molecule has 0 aliphatic rings. The van der Waals surface area contributed by atoms with Crippen LogP contribution >= 0.6 is 0 Å². The first-order valence-electron chi connectivity index (χ1n) is 7.55. The lowest BCUT2D eigenvalue weighted by atomic mass is 10.0. The van der Waals surface area contributed by atoms with E-state index in [0.29, 0.717) is 5.56 Å². The number of hydrogen-bond acceptors (Lipinski definition) is 6. The van der Waals surface area contributed by atoms with Crippen LogP contribution in [0.1, 0.15) is 11.1 Å². The maximum atomic E-state index is 13.6. The molecule has 0 saturated heterocycles. The summed E-state index contributed by atoms with van der Waals surface area (Å²) in [5.74, 6) is -8.44. The summed E-state index contributed by atoms with van der Waals surface area (Å²) in [7, 11) is -6.19. The van der Waals surface area contributed by atoms with Gasteiger partial charge in [-0.25, -0.2) is 4.79 Å². The van der Waals surface area contributed by atoms with Crippen molar-refractivity contribution in [2.75, 3.05) is 6.61 Å². The van der Waals surface area contributed by atoms with Gasteiger partial charge in [0.2, 0.25) is 5.78 Å². The minimum Gasteiger partial charge on any atom is -0.413 e. The summed E-state index contributed by atoms with van der Waals surface area (Å²) in [5, 5.41) is -5.23. The van der Waals surface area contributed by atoms with Gasteiger partial charge in [0.05, 0.1) is 0 Å². The van der Waals surface area contributed by atoms with E-state index in [2.05, 4.69) is 16.1 Å². The summed E-state index contributed by atoms with van der Waals surface area (Å²) in [6.07, 6.45) is -6.74. The van der Waals surface area contributed by atoms with E-state index in [-0.39, 0.29) is 11.6 Å². The number of benzene rings is 1. The van der Waals surface area contributed by atoms with Crippen molar-refractivity contribution >= 4 is 21.9 Å². The number of ketones is 1. The van der Waals surface area contributed by atoms with E-state index < -0.39 is 52.1 Å². The van der Waals surface area contributed by atoms with Crippen LogP contribution in [0.4, 0.5) is 22.0 Å². The Hall–Kier alpha value is -2.38. The van der Waals surface area contributed by atoms with Gasteiger partial charge in [-0.05, 0) is 12.5 Å². The standard InChI is InChI=1S/C16H15F5O7S/c1-3-13(23)28-15(16(19,20)21,27-9-14(17,18)29(24,25)26)12(22)8-11-6-4-10(2)5-7-11/h3-7H,1,8-9H2,2H3,(H,24,25,26). The van der Waals surface area contributed by atoms with Gasteiger partial charge in [-0.3, -0.25) is 9.35 Å². The Bertz CT molecular complexity index is 878. The van der Waals surface area contributed by atoms with Crippen LogP contribution in [0.15, 0.2) is 36.9 Å². The molecule has 29 heavy (non-hydrogen) atoms. The number of carbonyl (C=O) groups excluding carboxylic acids is 2. The van der Waals surface area contributed by atoms with E-state index >= 15 is 0 Å². The number of esters is 1. The molecule has 0 aromatic heterocycles. The number of carbonyl (C=O) groups is 2. The molecule has 1 rings (SSSR count). The molecule has 0 saturated carbocycles. The predicted octanol–water partition coefficient (Wildman–Crippen LogP) is 2.59. The maximum Gasteiger partial charge on any atom is 0.464 e. The van der Waals surface area contributed by atoms with E-state index in [0.717, 1.165) is 0 Å². The summed E-state index contributed by atoms with van der Waals surface area (Å²) in [6, 6.07) is 5.41. The zero-order valence-corrected chi connectivity index (χ0v) is 15.5. The smallest absolute Gasteiger partial charge is 0.413 e. The normalized spacial score (nSPS) is 14.7. The number of ether oxygens (including phenoxy) is 2. The minimum absolute atomic E-state index is 0.00554. The Balaban J connectivity index is 3.40. The summed E-state index contributed by atoms with van der Waals surface area (Å²) in [5.41, 5.74) is 0.694. The lowest BCUT2D eigenvalue weighted by molar-refractivity contribution is -0.351. The highest BCUT2D eigenvalue weighted by Crippen LogP contribution is 2.38. The molecule has 0 aliphatic carbocycles. The lowest BCUT2D eigenvalue weighted by Gasteiger charge is -2.33. The molecule has 0 fully saturated rings. The maximum absolute atomic E-state index is 13.6. The van der Waals surface area contributed by atoms with Crippen LogP contribution in [0.25, 0.3) is 0 Å². The third-order valence-electron chi connectivity index (χ3n) is 3.46. The van der Waals surface area contributed by atoms with Crippen molar-refractivity contribution in [1.82, 2.24) is 0 Å². The molecule has 162 valence electrons. The fraction of sp³-hybridized carbons (Fsp3) is 0.375.